The third-order valence-electron chi connectivity index (χ3n) is 5.24. The highest BCUT2D eigenvalue weighted by molar-refractivity contribution is 6.10. The predicted octanol–water partition coefficient (Wildman–Crippen LogP) is 5.87. The average molecular weight is 398 g/mol. The summed E-state index contributed by atoms with van der Waals surface area (Å²) in [4.78, 5) is 12.8. The molecule has 0 bridgehead atoms. The van der Waals surface area contributed by atoms with Crippen LogP contribution in [0.2, 0.25) is 0 Å². The summed E-state index contributed by atoms with van der Waals surface area (Å²) in [6.07, 6.45) is 1.67. The molecule has 0 saturated carbocycles. The first kappa shape index (κ1) is 21.1. The van der Waals surface area contributed by atoms with Crippen molar-refractivity contribution < 1.29 is 4.79 Å². The Kier molecular flexibility index (Phi) is 5.94. The number of benzene rings is 2. The molecule has 0 aliphatic heterocycles. The first-order valence-corrected chi connectivity index (χ1v) is 9.97. The Morgan fingerprint density at radius 2 is 1.60 bits per heavy atom. The van der Waals surface area contributed by atoms with Crippen LogP contribution in [0.25, 0.3) is 11.8 Å². The molecule has 1 aromatic heterocycles. The van der Waals surface area contributed by atoms with E-state index >= 15 is 0 Å². The van der Waals surface area contributed by atoms with E-state index in [1.54, 1.807) is 6.08 Å². The minimum absolute atomic E-state index is 0.0802. The number of anilines is 1. The maximum Gasteiger partial charge on any atom is 0.266 e. The van der Waals surface area contributed by atoms with Gasteiger partial charge in [-0.05, 0) is 99.7 Å². The summed E-state index contributed by atoms with van der Waals surface area (Å²) in [6.45, 7) is 12.1. The molecular formula is C26H27N3O. The van der Waals surface area contributed by atoms with Crippen LogP contribution in [0.15, 0.2) is 48.0 Å². The predicted molar refractivity (Wildman–Crippen MR) is 123 cm³/mol. The van der Waals surface area contributed by atoms with Crippen LogP contribution in [-0.2, 0) is 4.79 Å². The smallest absolute Gasteiger partial charge is 0.266 e. The number of hydrogen-bond donors (Lipinski definition) is 1. The summed E-state index contributed by atoms with van der Waals surface area (Å²) in [6, 6.07) is 16.3. The van der Waals surface area contributed by atoms with Gasteiger partial charge in [0.05, 0.1) is 0 Å². The van der Waals surface area contributed by atoms with Crippen LogP contribution in [0.5, 0.6) is 0 Å². The van der Waals surface area contributed by atoms with Gasteiger partial charge in [-0.1, -0.05) is 18.2 Å². The molecule has 3 aromatic rings. The number of carbonyl (C=O) groups excluding carboxylic acids is 1. The fraction of sp³-hybridized carbons (Fsp3) is 0.231. The lowest BCUT2D eigenvalue weighted by Crippen LogP contribution is -2.14. The van der Waals surface area contributed by atoms with Crippen molar-refractivity contribution in [1.29, 1.82) is 5.26 Å². The number of nitriles is 1. The van der Waals surface area contributed by atoms with E-state index in [0.717, 1.165) is 39.5 Å². The number of hydrogen-bond acceptors (Lipinski definition) is 2. The Hall–Kier alpha value is -3.58. The zero-order chi connectivity index (χ0) is 22.0. The van der Waals surface area contributed by atoms with Crippen molar-refractivity contribution in [1.82, 2.24) is 4.57 Å². The molecule has 0 atom stereocenters. The molecule has 30 heavy (non-hydrogen) atoms. The van der Waals surface area contributed by atoms with Gasteiger partial charge in [0.1, 0.15) is 11.6 Å². The van der Waals surface area contributed by atoms with Crippen LogP contribution in [0.3, 0.4) is 0 Å². The third-order valence-corrected chi connectivity index (χ3v) is 5.24. The molecule has 152 valence electrons. The van der Waals surface area contributed by atoms with Gasteiger partial charge in [0.2, 0.25) is 0 Å². The number of aromatic nitrogens is 1. The molecule has 0 fully saturated rings. The molecule has 4 heteroatoms. The highest BCUT2D eigenvalue weighted by Gasteiger charge is 2.15. The fourth-order valence-corrected chi connectivity index (χ4v) is 3.78. The standard InChI is InChI=1S/C26H27N3O/c1-16-7-8-19(4)25(12-16)28-26(30)23(15-27)14-22-13-20(5)29(21(22)6)24-10-17(2)9-18(3)11-24/h7-14H,1-6H3,(H,28,30). The Morgan fingerprint density at radius 3 is 2.23 bits per heavy atom. The molecule has 0 spiro atoms. The summed E-state index contributed by atoms with van der Waals surface area (Å²) in [5.41, 5.74) is 9.19. The fourth-order valence-electron chi connectivity index (χ4n) is 3.78. The Bertz CT molecular complexity index is 1190. The van der Waals surface area contributed by atoms with E-state index < -0.39 is 5.91 Å². The third kappa shape index (κ3) is 4.36. The maximum absolute atomic E-state index is 12.8. The number of nitrogens with one attached hydrogen (secondary N) is 1. The van der Waals surface area contributed by atoms with E-state index in [4.69, 9.17) is 0 Å². The van der Waals surface area contributed by atoms with Crippen molar-refractivity contribution >= 4 is 17.7 Å². The van der Waals surface area contributed by atoms with Crippen molar-refractivity contribution in [2.45, 2.75) is 41.5 Å². The van der Waals surface area contributed by atoms with Crippen LogP contribution < -0.4 is 5.32 Å². The molecule has 0 saturated heterocycles. The van der Waals surface area contributed by atoms with Crippen LogP contribution in [0.1, 0.15) is 39.2 Å². The van der Waals surface area contributed by atoms with Gasteiger partial charge in [-0.2, -0.15) is 5.26 Å². The zero-order valence-electron chi connectivity index (χ0n) is 18.4. The Morgan fingerprint density at radius 1 is 0.933 bits per heavy atom. The molecule has 1 amide bonds. The molecule has 0 unspecified atom stereocenters. The van der Waals surface area contributed by atoms with Gasteiger partial charge in [-0.15, -0.1) is 0 Å². The number of rotatable bonds is 4. The monoisotopic (exact) mass is 397 g/mol. The van der Waals surface area contributed by atoms with Crippen LogP contribution in [-0.4, -0.2) is 10.5 Å². The largest absolute Gasteiger partial charge is 0.321 e. The number of carbonyl (C=O) groups is 1. The first-order chi connectivity index (χ1) is 14.2. The van der Waals surface area contributed by atoms with Crippen LogP contribution >= 0.6 is 0 Å². The molecule has 2 aromatic carbocycles. The highest BCUT2D eigenvalue weighted by atomic mass is 16.1. The lowest BCUT2D eigenvalue weighted by Gasteiger charge is -2.12. The second-order valence-corrected chi connectivity index (χ2v) is 7.95. The lowest BCUT2D eigenvalue weighted by molar-refractivity contribution is -0.112. The van der Waals surface area contributed by atoms with Gasteiger partial charge >= 0.3 is 0 Å². The quantitative estimate of drug-likeness (QED) is 0.442. The molecule has 1 N–H and O–H groups in total. The van der Waals surface area contributed by atoms with Gasteiger partial charge in [0.25, 0.3) is 5.91 Å². The summed E-state index contributed by atoms with van der Waals surface area (Å²) in [7, 11) is 0. The van der Waals surface area contributed by atoms with E-state index in [-0.39, 0.29) is 5.57 Å². The van der Waals surface area contributed by atoms with E-state index in [1.807, 2.05) is 52.0 Å². The number of amides is 1. The summed E-state index contributed by atoms with van der Waals surface area (Å²) in [5, 5.41) is 12.5. The molecule has 0 radical (unpaired) electrons. The second kappa shape index (κ2) is 8.42. The molecule has 0 aliphatic carbocycles. The van der Waals surface area contributed by atoms with Crippen LogP contribution in [0.4, 0.5) is 5.69 Å². The van der Waals surface area contributed by atoms with E-state index in [0.29, 0.717) is 0 Å². The van der Waals surface area contributed by atoms with E-state index in [1.165, 1.54) is 11.1 Å². The van der Waals surface area contributed by atoms with Gasteiger partial charge in [0.15, 0.2) is 0 Å². The highest BCUT2D eigenvalue weighted by Crippen LogP contribution is 2.25. The van der Waals surface area contributed by atoms with Crippen molar-refractivity contribution in [3.8, 4) is 11.8 Å². The first-order valence-electron chi connectivity index (χ1n) is 9.97. The number of aryl methyl sites for hydroxylation is 5. The average Bonchev–Trinajstić information content (AvgIpc) is 2.95. The molecule has 3 rings (SSSR count). The van der Waals surface area contributed by atoms with Gasteiger partial charge in [0, 0.05) is 22.8 Å². The SMILES string of the molecule is Cc1cc(C)cc(-n2c(C)cc(C=C(C#N)C(=O)Nc3cc(C)ccc3C)c2C)c1. The molecule has 1 heterocycles. The Balaban J connectivity index is 1.98. The van der Waals surface area contributed by atoms with Gasteiger partial charge in [-0.25, -0.2) is 0 Å². The minimum atomic E-state index is -0.401. The second-order valence-electron chi connectivity index (χ2n) is 7.95. The summed E-state index contributed by atoms with van der Waals surface area (Å²) >= 11 is 0. The Labute approximate surface area is 178 Å². The minimum Gasteiger partial charge on any atom is -0.321 e. The van der Waals surface area contributed by atoms with E-state index in [9.17, 15) is 10.1 Å². The van der Waals surface area contributed by atoms with Gasteiger partial charge < -0.3 is 9.88 Å². The molecule has 4 nitrogen and oxygen atoms in total. The van der Waals surface area contributed by atoms with Crippen molar-refractivity contribution in [2.24, 2.45) is 0 Å². The van der Waals surface area contributed by atoms with Gasteiger partial charge in [-0.3, -0.25) is 4.79 Å². The zero-order valence-corrected chi connectivity index (χ0v) is 18.4. The topological polar surface area (TPSA) is 57.8 Å². The van der Waals surface area contributed by atoms with Crippen molar-refractivity contribution in [3.63, 3.8) is 0 Å². The summed E-state index contributed by atoms with van der Waals surface area (Å²) in [5.74, 6) is -0.401. The normalized spacial score (nSPS) is 11.3. The van der Waals surface area contributed by atoms with Crippen LogP contribution in [0, 0.1) is 52.9 Å². The summed E-state index contributed by atoms with van der Waals surface area (Å²) < 4.78 is 2.16. The molecular weight excluding hydrogens is 370 g/mol. The number of nitrogens with zero attached hydrogens (tertiary/aromatic N) is 2. The van der Waals surface area contributed by atoms with E-state index in [2.05, 4.69) is 48.0 Å². The lowest BCUT2D eigenvalue weighted by atomic mass is 10.1. The maximum atomic E-state index is 12.8. The molecule has 0 aliphatic rings. The van der Waals surface area contributed by atoms with Crippen molar-refractivity contribution in [2.75, 3.05) is 5.32 Å². The van der Waals surface area contributed by atoms with Crippen molar-refractivity contribution in [3.05, 3.63) is 87.2 Å².